The summed E-state index contributed by atoms with van der Waals surface area (Å²) in [5.41, 5.74) is 3.87. The number of nitrogens with zero attached hydrogens (tertiary/aromatic N) is 1. The lowest BCUT2D eigenvalue weighted by Gasteiger charge is -2.23. The molecule has 2 aromatic rings. The number of aromatic nitrogens is 1. The third-order valence-electron chi connectivity index (χ3n) is 4.14. The average Bonchev–Trinajstić information content (AvgIpc) is 2.55. The Morgan fingerprint density at radius 3 is 2.55 bits per heavy atom. The van der Waals surface area contributed by atoms with Crippen molar-refractivity contribution in [2.45, 2.75) is 44.7 Å². The first-order valence-electron chi connectivity index (χ1n) is 7.64. The van der Waals surface area contributed by atoms with Gasteiger partial charge in [0.2, 0.25) is 0 Å². The Morgan fingerprint density at radius 2 is 1.75 bits per heavy atom. The van der Waals surface area contributed by atoms with Crippen molar-refractivity contribution in [2.24, 2.45) is 0 Å². The Labute approximate surface area is 121 Å². The summed E-state index contributed by atoms with van der Waals surface area (Å²) in [7, 11) is 0. The Balaban J connectivity index is 1.65. The van der Waals surface area contributed by atoms with Crippen molar-refractivity contribution in [1.29, 1.82) is 0 Å². The zero-order valence-corrected chi connectivity index (χ0v) is 11.9. The maximum absolute atomic E-state index is 4.08. The molecule has 104 valence electrons. The van der Waals surface area contributed by atoms with Crippen molar-refractivity contribution in [1.82, 2.24) is 10.3 Å². The number of nitrogens with one attached hydrogen (secondary N) is 1. The van der Waals surface area contributed by atoms with Gasteiger partial charge >= 0.3 is 0 Å². The van der Waals surface area contributed by atoms with E-state index in [1.54, 1.807) is 0 Å². The summed E-state index contributed by atoms with van der Waals surface area (Å²) in [5.74, 6) is 0. The molecule has 2 heteroatoms. The monoisotopic (exact) mass is 266 g/mol. The van der Waals surface area contributed by atoms with Crippen LogP contribution < -0.4 is 5.32 Å². The molecule has 20 heavy (non-hydrogen) atoms. The van der Waals surface area contributed by atoms with Crippen LogP contribution in [0.4, 0.5) is 0 Å². The van der Waals surface area contributed by atoms with Crippen LogP contribution in [0.5, 0.6) is 0 Å². The molecule has 1 aromatic heterocycles. The molecular formula is C18H22N2. The fourth-order valence-electron chi connectivity index (χ4n) is 2.97. The number of pyridine rings is 1. The van der Waals surface area contributed by atoms with Gasteiger partial charge in [0.15, 0.2) is 0 Å². The van der Waals surface area contributed by atoms with Gasteiger partial charge in [-0.05, 0) is 47.7 Å². The summed E-state index contributed by atoms with van der Waals surface area (Å²) in [6.45, 7) is 0.976. The van der Waals surface area contributed by atoms with E-state index in [4.69, 9.17) is 0 Å². The summed E-state index contributed by atoms with van der Waals surface area (Å²) in [6.07, 6.45) is 10.6. The lowest BCUT2D eigenvalue weighted by Crippen LogP contribution is -2.30. The van der Waals surface area contributed by atoms with E-state index in [0.29, 0.717) is 6.04 Å². The van der Waals surface area contributed by atoms with Gasteiger partial charge < -0.3 is 5.32 Å². The summed E-state index contributed by atoms with van der Waals surface area (Å²) >= 11 is 0. The standard InChI is InChI=1S/C18H22N2/c1-2-7-18(8-3-1)20-14-15-5-4-6-17(13-15)16-9-11-19-12-10-16/h4-6,9-13,18,20H,1-3,7-8,14H2. The lowest BCUT2D eigenvalue weighted by molar-refractivity contribution is 0.372. The molecule has 0 unspecified atom stereocenters. The molecule has 1 fully saturated rings. The first-order valence-corrected chi connectivity index (χ1v) is 7.64. The molecule has 1 heterocycles. The number of rotatable bonds is 4. The smallest absolute Gasteiger partial charge is 0.0273 e. The molecule has 0 bridgehead atoms. The average molecular weight is 266 g/mol. The SMILES string of the molecule is c1cc(CNC2CCCCC2)cc(-c2ccncc2)c1. The zero-order valence-electron chi connectivity index (χ0n) is 11.9. The van der Waals surface area contributed by atoms with E-state index in [0.717, 1.165) is 6.54 Å². The zero-order chi connectivity index (χ0) is 13.6. The minimum Gasteiger partial charge on any atom is -0.310 e. The van der Waals surface area contributed by atoms with Crippen molar-refractivity contribution in [3.8, 4) is 11.1 Å². The second-order valence-electron chi connectivity index (χ2n) is 5.65. The number of hydrogen-bond acceptors (Lipinski definition) is 2. The van der Waals surface area contributed by atoms with Gasteiger partial charge in [0.05, 0.1) is 0 Å². The van der Waals surface area contributed by atoms with Crippen LogP contribution in [0.2, 0.25) is 0 Å². The van der Waals surface area contributed by atoms with Crippen LogP contribution in [0.25, 0.3) is 11.1 Å². The maximum atomic E-state index is 4.08. The normalized spacial score (nSPS) is 16.2. The molecular weight excluding hydrogens is 244 g/mol. The van der Waals surface area contributed by atoms with Gasteiger partial charge in [0.1, 0.15) is 0 Å². The summed E-state index contributed by atoms with van der Waals surface area (Å²) < 4.78 is 0. The van der Waals surface area contributed by atoms with Crippen LogP contribution in [0.1, 0.15) is 37.7 Å². The van der Waals surface area contributed by atoms with E-state index in [2.05, 4.69) is 46.7 Å². The molecule has 3 rings (SSSR count). The Hall–Kier alpha value is -1.67. The highest BCUT2D eigenvalue weighted by atomic mass is 14.9. The molecule has 0 radical (unpaired) electrons. The number of hydrogen-bond donors (Lipinski definition) is 1. The van der Waals surface area contributed by atoms with Crippen molar-refractivity contribution in [3.05, 3.63) is 54.4 Å². The van der Waals surface area contributed by atoms with Gasteiger partial charge in [-0.25, -0.2) is 0 Å². The predicted molar refractivity (Wildman–Crippen MR) is 83.4 cm³/mol. The molecule has 1 aliphatic rings. The fourth-order valence-corrected chi connectivity index (χ4v) is 2.97. The van der Waals surface area contributed by atoms with Gasteiger partial charge in [-0.3, -0.25) is 4.98 Å². The summed E-state index contributed by atoms with van der Waals surface area (Å²) in [4.78, 5) is 4.08. The Morgan fingerprint density at radius 1 is 0.950 bits per heavy atom. The van der Waals surface area contributed by atoms with E-state index in [-0.39, 0.29) is 0 Å². The minimum absolute atomic E-state index is 0.716. The highest BCUT2D eigenvalue weighted by Crippen LogP contribution is 2.21. The highest BCUT2D eigenvalue weighted by molar-refractivity contribution is 5.63. The quantitative estimate of drug-likeness (QED) is 0.898. The van der Waals surface area contributed by atoms with E-state index in [1.807, 2.05) is 12.4 Å². The maximum Gasteiger partial charge on any atom is 0.0273 e. The van der Waals surface area contributed by atoms with E-state index >= 15 is 0 Å². The fraction of sp³-hybridized carbons (Fsp3) is 0.389. The largest absolute Gasteiger partial charge is 0.310 e. The second-order valence-corrected chi connectivity index (χ2v) is 5.65. The Bertz CT molecular complexity index is 530. The first-order chi connectivity index (χ1) is 9.92. The molecule has 1 saturated carbocycles. The van der Waals surface area contributed by atoms with Crippen molar-refractivity contribution in [2.75, 3.05) is 0 Å². The lowest BCUT2D eigenvalue weighted by atomic mass is 9.95. The highest BCUT2D eigenvalue weighted by Gasteiger charge is 2.12. The van der Waals surface area contributed by atoms with E-state index in [9.17, 15) is 0 Å². The van der Waals surface area contributed by atoms with Crippen LogP contribution in [0, 0.1) is 0 Å². The Kier molecular flexibility index (Phi) is 4.44. The van der Waals surface area contributed by atoms with Crippen molar-refractivity contribution < 1.29 is 0 Å². The van der Waals surface area contributed by atoms with Gasteiger partial charge in [0.25, 0.3) is 0 Å². The van der Waals surface area contributed by atoms with Crippen molar-refractivity contribution >= 4 is 0 Å². The molecule has 0 amide bonds. The minimum atomic E-state index is 0.716. The third-order valence-corrected chi connectivity index (χ3v) is 4.14. The molecule has 1 aliphatic carbocycles. The van der Waals surface area contributed by atoms with Crippen molar-refractivity contribution in [3.63, 3.8) is 0 Å². The molecule has 0 aliphatic heterocycles. The van der Waals surface area contributed by atoms with Crippen LogP contribution in [0.3, 0.4) is 0 Å². The molecule has 0 spiro atoms. The molecule has 2 nitrogen and oxygen atoms in total. The first kappa shape index (κ1) is 13.3. The topological polar surface area (TPSA) is 24.9 Å². The summed E-state index contributed by atoms with van der Waals surface area (Å²) in [5, 5.41) is 3.70. The second kappa shape index (κ2) is 6.67. The molecule has 0 saturated heterocycles. The molecule has 1 aromatic carbocycles. The van der Waals surface area contributed by atoms with Gasteiger partial charge in [-0.1, -0.05) is 37.5 Å². The van der Waals surface area contributed by atoms with Gasteiger partial charge in [0, 0.05) is 25.0 Å². The van der Waals surface area contributed by atoms with Gasteiger partial charge in [-0.2, -0.15) is 0 Å². The third kappa shape index (κ3) is 3.45. The van der Waals surface area contributed by atoms with Gasteiger partial charge in [-0.15, -0.1) is 0 Å². The van der Waals surface area contributed by atoms with E-state index < -0.39 is 0 Å². The number of benzene rings is 1. The summed E-state index contributed by atoms with van der Waals surface area (Å²) in [6, 6.07) is 13.6. The molecule has 0 atom stereocenters. The van der Waals surface area contributed by atoms with Crippen LogP contribution >= 0.6 is 0 Å². The molecule has 1 N–H and O–H groups in total. The van der Waals surface area contributed by atoms with Crippen LogP contribution in [-0.4, -0.2) is 11.0 Å². The van der Waals surface area contributed by atoms with Crippen LogP contribution in [-0.2, 0) is 6.54 Å². The predicted octanol–water partition coefficient (Wildman–Crippen LogP) is 4.17. The van der Waals surface area contributed by atoms with E-state index in [1.165, 1.54) is 48.8 Å². The van der Waals surface area contributed by atoms with Crippen LogP contribution in [0.15, 0.2) is 48.8 Å².